The van der Waals surface area contributed by atoms with E-state index in [1.165, 1.54) is 0 Å². The molecule has 0 radical (unpaired) electrons. The molecule has 80 valence electrons. The minimum absolute atomic E-state index is 0.0766. The average molecular weight is 215 g/mol. The molecule has 1 heterocycles. The van der Waals surface area contributed by atoms with Crippen LogP contribution in [0.2, 0.25) is 0 Å². The van der Waals surface area contributed by atoms with E-state index in [1.807, 2.05) is 0 Å². The van der Waals surface area contributed by atoms with Crippen LogP contribution in [0.4, 0.5) is 13.2 Å². The number of hydrogen-bond donors (Lipinski definition) is 0. The molecule has 1 saturated carbocycles. The Morgan fingerprint density at radius 2 is 2.07 bits per heavy atom. The first kappa shape index (κ1) is 10.1. The van der Waals surface area contributed by atoms with Gasteiger partial charge in [-0.15, -0.1) is 0 Å². The van der Waals surface area contributed by atoms with Crippen LogP contribution in [0.5, 0.6) is 0 Å². The van der Waals surface area contributed by atoms with Crippen molar-refractivity contribution in [2.75, 3.05) is 0 Å². The van der Waals surface area contributed by atoms with Crippen LogP contribution in [0.3, 0.4) is 0 Å². The second kappa shape index (κ2) is 3.32. The monoisotopic (exact) mass is 215 g/mol. The van der Waals surface area contributed by atoms with Crippen LogP contribution in [-0.4, -0.2) is 10.8 Å². The molecule has 1 aromatic rings. The zero-order valence-electron chi connectivity index (χ0n) is 7.71. The van der Waals surface area contributed by atoms with Gasteiger partial charge in [-0.05, 0) is 25.0 Å². The molecule has 0 spiro atoms. The van der Waals surface area contributed by atoms with Gasteiger partial charge in [0, 0.05) is 12.1 Å². The number of aromatic nitrogens is 1. The first-order valence-corrected chi connectivity index (χ1v) is 4.56. The van der Waals surface area contributed by atoms with Gasteiger partial charge in [-0.1, -0.05) is 0 Å². The quantitative estimate of drug-likeness (QED) is 0.710. The number of pyridine rings is 1. The second-order valence-corrected chi connectivity index (χ2v) is 3.57. The smallest absolute Gasteiger partial charge is 0.292 e. The van der Waals surface area contributed by atoms with Crippen molar-refractivity contribution in [3.8, 4) is 0 Å². The highest BCUT2D eigenvalue weighted by atomic mass is 19.4. The highest BCUT2D eigenvalue weighted by Gasteiger charge is 2.34. The summed E-state index contributed by atoms with van der Waals surface area (Å²) in [5, 5.41) is 0. The van der Waals surface area contributed by atoms with E-state index in [0.717, 1.165) is 31.2 Å². The Morgan fingerprint density at radius 1 is 1.40 bits per heavy atom. The third-order valence-electron chi connectivity index (χ3n) is 2.29. The normalized spacial score (nSPS) is 16.5. The SMILES string of the molecule is O=C(c1cc(C(F)(F)F)ccn1)C1CC1. The third-order valence-corrected chi connectivity index (χ3v) is 2.29. The Bertz CT molecular complexity index is 396. The Morgan fingerprint density at radius 3 is 2.60 bits per heavy atom. The lowest BCUT2D eigenvalue weighted by molar-refractivity contribution is -0.137. The topological polar surface area (TPSA) is 30.0 Å². The van der Waals surface area contributed by atoms with Crippen molar-refractivity contribution in [1.82, 2.24) is 4.98 Å². The van der Waals surface area contributed by atoms with Crippen LogP contribution in [0.25, 0.3) is 0 Å². The van der Waals surface area contributed by atoms with E-state index in [9.17, 15) is 18.0 Å². The van der Waals surface area contributed by atoms with Gasteiger partial charge in [0.25, 0.3) is 0 Å². The Hall–Kier alpha value is -1.39. The van der Waals surface area contributed by atoms with E-state index in [1.54, 1.807) is 0 Å². The summed E-state index contributed by atoms with van der Waals surface area (Å²) in [5.74, 6) is -0.387. The van der Waals surface area contributed by atoms with Crippen molar-refractivity contribution in [1.29, 1.82) is 0 Å². The maximum Gasteiger partial charge on any atom is 0.416 e. The molecule has 0 bridgehead atoms. The molecule has 5 heteroatoms. The molecular formula is C10H8F3NO. The number of carbonyl (C=O) groups excluding carboxylic acids is 1. The van der Waals surface area contributed by atoms with Crippen molar-refractivity contribution >= 4 is 5.78 Å². The Kier molecular flexibility index (Phi) is 2.25. The number of carbonyl (C=O) groups is 1. The molecule has 0 N–H and O–H groups in total. The number of halogens is 3. The fourth-order valence-electron chi connectivity index (χ4n) is 1.30. The fourth-order valence-corrected chi connectivity index (χ4v) is 1.30. The summed E-state index contributed by atoms with van der Waals surface area (Å²) >= 11 is 0. The predicted octanol–water partition coefficient (Wildman–Crippen LogP) is 2.69. The van der Waals surface area contributed by atoms with Gasteiger partial charge in [0.15, 0.2) is 5.78 Å². The maximum absolute atomic E-state index is 12.3. The number of Topliss-reactive ketones (excluding diaryl/α,β-unsaturated/α-hetero) is 1. The first-order valence-electron chi connectivity index (χ1n) is 4.56. The van der Waals surface area contributed by atoms with Gasteiger partial charge < -0.3 is 0 Å². The molecule has 1 fully saturated rings. The molecule has 1 aromatic heterocycles. The number of ketones is 1. The summed E-state index contributed by atoms with van der Waals surface area (Å²) in [5.41, 5.74) is -0.895. The molecule has 0 unspecified atom stereocenters. The maximum atomic E-state index is 12.3. The third kappa shape index (κ3) is 2.16. The largest absolute Gasteiger partial charge is 0.416 e. The van der Waals surface area contributed by atoms with Gasteiger partial charge >= 0.3 is 6.18 Å². The van der Waals surface area contributed by atoms with Crippen molar-refractivity contribution in [3.05, 3.63) is 29.6 Å². The highest BCUT2D eigenvalue weighted by molar-refractivity contribution is 5.97. The van der Waals surface area contributed by atoms with Crippen LogP contribution < -0.4 is 0 Å². The number of nitrogens with zero attached hydrogens (tertiary/aromatic N) is 1. The highest BCUT2D eigenvalue weighted by Crippen LogP contribution is 2.34. The summed E-state index contributed by atoms with van der Waals surface area (Å²) in [4.78, 5) is 15.1. The number of rotatable bonds is 2. The van der Waals surface area contributed by atoms with E-state index in [-0.39, 0.29) is 17.4 Å². The van der Waals surface area contributed by atoms with E-state index in [2.05, 4.69) is 4.98 Å². The molecule has 1 aliphatic carbocycles. The van der Waals surface area contributed by atoms with Crippen LogP contribution in [0, 0.1) is 5.92 Å². The Balaban J connectivity index is 2.29. The van der Waals surface area contributed by atoms with Gasteiger partial charge in [0.05, 0.1) is 5.56 Å². The average Bonchev–Trinajstić information content (AvgIpc) is 2.99. The molecule has 0 saturated heterocycles. The molecule has 1 aliphatic rings. The summed E-state index contributed by atoms with van der Waals surface area (Å²) < 4.78 is 36.9. The van der Waals surface area contributed by atoms with Gasteiger partial charge in [-0.2, -0.15) is 13.2 Å². The summed E-state index contributed by atoms with van der Waals surface area (Å²) in [7, 11) is 0. The summed E-state index contributed by atoms with van der Waals surface area (Å²) in [6.45, 7) is 0. The lowest BCUT2D eigenvalue weighted by Gasteiger charge is -2.06. The minimum atomic E-state index is -4.42. The van der Waals surface area contributed by atoms with Crippen molar-refractivity contribution in [2.45, 2.75) is 19.0 Å². The van der Waals surface area contributed by atoms with E-state index in [0.29, 0.717) is 0 Å². The van der Waals surface area contributed by atoms with E-state index >= 15 is 0 Å². The van der Waals surface area contributed by atoms with E-state index < -0.39 is 11.7 Å². The fraction of sp³-hybridized carbons (Fsp3) is 0.400. The van der Waals surface area contributed by atoms with Gasteiger partial charge in [0.1, 0.15) is 5.69 Å². The van der Waals surface area contributed by atoms with Gasteiger partial charge in [0.2, 0.25) is 0 Å². The van der Waals surface area contributed by atoms with Crippen molar-refractivity contribution in [2.24, 2.45) is 5.92 Å². The van der Waals surface area contributed by atoms with Gasteiger partial charge in [-0.3, -0.25) is 9.78 Å². The minimum Gasteiger partial charge on any atom is -0.292 e. The molecule has 0 amide bonds. The lowest BCUT2D eigenvalue weighted by atomic mass is 10.1. The zero-order chi connectivity index (χ0) is 11.1. The standard InChI is InChI=1S/C10H8F3NO/c11-10(12,13)7-3-4-14-8(5-7)9(15)6-1-2-6/h3-6H,1-2H2. The Labute approximate surface area is 84.1 Å². The van der Waals surface area contributed by atoms with Gasteiger partial charge in [-0.25, -0.2) is 0 Å². The van der Waals surface area contributed by atoms with Crippen LogP contribution in [-0.2, 0) is 6.18 Å². The summed E-state index contributed by atoms with van der Waals surface area (Å²) in [6, 6.07) is 1.68. The number of alkyl halides is 3. The van der Waals surface area contributed by atoms with Crippen molar-refractivity contribution < 1.29 is 18.0 Å². The molecule has 0 aliphatic heterocycles. The molecule has 15 heavy (non-hydrogen) atoms. The number of hydrogen-bond acceptors (Lipinski definition) is 2. The van der Waals surface area contributed by atoms with Crippen LogP contribution >= 0.6 is 0 Å². The lowest BCUT2D eigenvalue weighted by Crippen LogP contribution is -2.10. The molecule has 2 nitrogen and oxygen atoms in total. The second-order valence-electron chi connectivity index (χ2n) is 3.57. The van der Waals surface area contributed by atoms with E-state index in [4.69, 9.17) is 0 Å². The zero-order valence-corrected chi connectivity index (χ0v) is 7.71. The van der Waals surface area contributed by atoms with Crippen LogP contribution in [0.1, 0.15) is 28.9 Å². The molecule has 0 atom stereocenters. The molecular weight excluding hydrogens is 207 g/mol. The molecule has 0 aromatic carbocycles. The first-order chi connectivity index (χ1) is 6.98. The summed E-state index contributed by atoms with van der Waals surface area (Å²) in [6.07, 6.45) is -1.87. The predicted molar refractivity (Wildman–Crippen MR) is 46.3 cm³/mol. The molecule has 2 rings (SSSR count). The van der Waals surface area contributed by atoms with Crippen LogP contribution in [0.15, 0.2) is 18.3 Å². The van der Waals surface area contributed by atoms with Crippen molar-refractivity contribution in [3.63, 3.8) is 0 Å².